The summed E-state index contributed by atoms with van der Waals surface area (Å²) < 4.78 is 14.7. The molecule has 0 aromatic carbocycles. The van der Waals surface area contributed by atoms with Crippen LogP contribution in [0, 0.1) is 12.7 Å². The molecule has 0 radical (unpaired) electrons. The van der Waals surface area contributed by atoms with Crippen molar-refractivity contribution < 1.29 is 9.18 Å². The molecule has 7 heteroatoms. The summed E-state index contributed by atoms with van der Waals surface area (Å²) in [5.74, 6) is -1.12. The van der Waals surface area contributed by atoms with Crippen LogP contribution in [0.1, 0.15) is 16.2 Å². The van der Waals surface area contributed by atoms with Gasteiger partial charge < -0.3 is 11.1 Å². The highest BCUT2D eigenvalue weighted by molar-refractivity contribution is 6.06. The molecule has 94 valence electrons. The molecule has 3 N–H and O–H groups in total. The molecule has 0 aliphatic heterocycles. The van der Waals surface area contributed by atoms with Crippen molar-refractivity contribution in [3.63, 3.8) is 0 Å². The zero-order valence-corrected chi connectivity index (χ0v) is 9.94. The van der Waals surface area contributed by atoms with Crippen LogP contribution in [0.25, 0.3) is 0 Å². The quantitative estimate of drug-likeness (QED) is 0.834. The zero-order valence-electron chi connectivity index (χ0n) is 9.94. The third kappa shape index (κ3) is 2.02. The highest BCUT2D eigenvalue weighted by Gasteiger charge is 2.18. The van der Waals surface area contributed by atoms with Gasteiger partial charge in [0.1, 0.15) is 5.69 Å². The molecule has 0 saturated heterocycles. The second-order valence-electron chi connectivity index (χ2n) is 3.78. The number of hydrogen-bond donors (Lipinski definition) is 2. The van der Waals surface area contributed by atoms with Crippen LogP contribution in [0.4, 0.5) is 15.8 Å². The van der Waals surface area contributed by atoms with Crippen molar-refractivity contribution in [1.29, 1.82) is 0 Å². The van der Waals surface area contributed by atoms with Crippen molar-refractivity contribution in [3.05, 3.63) is 35.7 Å². The van der Waals surface area contributed by atoms with Gasteiger partial charge in [0, 0.05) is 13.2 Å². The molecule has 18 heavy (non-hydrogen) atoms. The fourth-order valence-corrected chi connectivity index (χ4v) is 1.60. The third-order valence-corrected chi connectivity index (χ3v) is 2.50. The summed E-state index contributed by atoms with van der Waals surface area (Å²) in [6.45, 7) is 1.69. The molecule has 2 heterocycles. The van der Waals surface area contributed by atoms with Gasteiger partial charge in [-0.2, -0.15) is 5.10 Å². The van der Waals surface area contributed by atoms with Gasteiger partial charge in [-0.25, -0.2) is 4.39 Å². The molecule has 2 rings (SSSR count). The maximum absolute atomic E-state index is 13.3. The standard InChI is InChI=1S/C11H12FN5O/c1-6-9(13)10(17(2)16-6)11(18)15-8-3-4-14-5-7(8)12/h3-5H,13H2,1-2H3,(H,14,15,18). The van der Waals surface area contributed by atoms with Crippen LogP contribution >= 0.6 is 0 Å². The summed E-state index contributed by atoms with van der Waals surface area (Å²) in [6, 6.07) is 1.37. The van der Waals surface area contributed by atoms with Gasteiger partial charge in [-0.05, 0) is 13.0 Å². The average Bonchev–Trinajstić information content (AvgIpc) is 2.56. The van der Waals surface area contributed by atoms with E-state index in [1.165, 1.54) is 16.9 Å². The van der Waals surface area contributed by atoms with Gasteiger partial charge >= 0.3 is 0 Å². The lowest BCUT2D eigenvalue weighted by Crippen LogP contribution is -2.18. The van der Waals surface area contributed by atoms with E-state index in [4.69, 9.17) is 5.73 Å². The number of aromatic nitrogens is 3. The number of rotatable bonds is 2. The van der Waals surface area contributed by atoms with E-state index in [0.29, 0.717) is 5.69 Å². The minimum Gasteiger partial charge on any atom is -0.395 e. The fourth-order valence-electron chi connectivity index (χ4n) is 1.60. The number of anilines is 2. The number of pyridine rings is 1. The number of halogens is 1. The third-order valence-electron chi connectivity index (χ3n) is 2.50. The summed E-state index contributed by atoms with van der Waals surface area (Å²) in [5, 5.41) is 6.45. The minimum absolute atomic E-state index is 0.0493. The first-order chi connectivity index (χ1) is 8.50. The molecule has 6 nitrogen and oxygen atoms in total. The van der Waals surface area contributed by atoms with Gasteiger partial charge in [0.05, 0.1) is 23.3 Å². The molecule has 0 aliphatic rings. The molecule has 0 unspecified atom stereocenters. The van der Waals surface area contributed by atoms with Crippen LogP contribution in [-0.4, -0.2) is 20.7 Å². The summed E-state index contributed by atoms with van der Waals surface area (Å²) in [7, 11) is 1.60. The van der Waals surface area contributed by atoms with E-state index in [1.807, 2.05) is 0 Å². The zero-order chi connectivity index (χ0) is 13.3. The molecule has 0 aliphatic carbocycles. The Morgan fingerprint density at radius 2 is 2.28 bits per heavy atom. The SMILES string of the molecule is Cc1nn(C)c(C(=O)Nc2ccncc2F)c1N. The minimum atomic E-state index is -0.608. The number of nitrogen functional groups attached to an aromatic ring is 1. The van der Waals surface area contributed by atoms with E-state index in [0.717, 1.165) is 6.20 Å². The van der Waals surface area contributed by atoms with E-state index in [2.05, 4.69) is 15.4 Å². The van der Waals surface area contributed by atoms with E-state index < -0.39 is 11.7 Å². The van der Waals surface area contributed by atoms with Crippen molar-refractivity contribution in [2.24, 2.45) is 7.05 Å². The van der Waals surface area contributed by atoms with E-state index in [-0.39, 0.29) is 17.1 Å². The second kappa shape index (κ2) is 4.44. The van der Waals surface area contributed by atoms with Crippen LogP contribution < -0.4 is 11.1 Å². The molecule has 2 aromatic rings. The summed E-state index contributed by atoms with van der Waals surface area (Å²) in [5.41, 5.74) is 6.83. The molecule has 1 amide bonds. The predicted octanol–water partition coefficient (Wildman–Crippen LogP) is 1.10. The first kappa shape index (κ1) is 12.0. The van der Waals surface area contributed by atoms with Crippen LogP contribution in [0.5, 0.6) is 0 Å². The smallest absolute Gasteiger partial charge is 0.276 e. The first-order valence-corrected chi connectivity index (χ1v) is 5.20. The van der Waals surface area contributed by atoms with Crippen LogP contribution in [0.3, 0.4) is 0 Å². The largest absolute Gasteiger partial charge is 0.395 e. The van der Waals surface area contributed by atoms with Crippen LogP contribution in [0.2, 0.25) is 0 Å². The van der Waals surface area contributed by atoms with Gasteiger partial charge in [0.15, 0.2) is 5.82 Å². The number of carbonyl (C=O) groups is 1. The monoisotopic (exact) mass is 249 g/mol. The Labute approximate surface area is 103 Å². The number of hydrogen-bond acceptors (Lipinski definition) is 4. The van der Waals surface area contributed by atoms with E-state index in [9.17, 15) is 9.18 Å². The molecule has 2 aromatic heterocycles. The maximum Gasteiger partial charge on any atom is 0.276 e. The summed E-state index contributed by atoms with van der Waals surface area (Å²) in [4.78, 5) is 15.6. The van der Waals surface area contributed by atoms with Crippen molar-refractivity contribution in [1.82, 2.24) is 14.8 Å². The van der Waals surface area contributed by atoms with E-state index in [1.54, 1.807) is 14.0 Å². The number of nitrogens with one attached hydrogen (secondary N) is 1. The first-order valence-electron chi connectivity index (χ1n) is 5.20. The topological polar surface area (TPSA) is 85.8 Å². The maximum atomic E-state index is 13.3. The Bertz CT molecular complexity index is 607. The van der Waals surface area contributed by atoms with Gasteiger partial charge in [-0.1, -0.05) is 0 Å². The predicted molar refractivity (Wildman–Crippen MR) is 64.5 cm³/mol. The number of aryl methyl sites for hydroxylation is 2. The average molecular weight is 249 g/mol. The lowest BCUT2D eigenvalue weighted by molar-refractivity contribution is 0.101. The lowest BCUT2D eigenvalue weighted by Gasteiger charge is -2.06. The number of nitrogens with zero attached hydrogens (tertiary/aromatic N) is 3. The molecule has 0 spiro atoms. The van der Waals surface area contributed by atoms with Gasteiger partial charge in [-0.3, -0.25) is 14.5 Å². The Balaban J connectivity index is 2.31. The Morgan fingerprint density at radius 3 is 2.83 bits per heavy atom. The number of nitrogens with two attached hydrogens (primary N) is 1. The summed E-state index contributed by atoms with van der Waals surface area (Å²) >= 11 is 0. The lowest BCUT2D eigenvalue weighted by atomic mass is 10.3. The Morgan fingerprint density at radius 1 is 1.56 bits per heavy atom. The van der Waals surface area contributed by atoms with Crippen LogP contribution in [-0.2, 0) is 7.05 Å². The molecular formula is C11H12FN5O. The van der Waals surface area contributed by atoms with Crippen LogP contribution in [0.15, 0.2) is 18.5 Å². The van der Waals surface area contributed by atoms with Gasteiger partial charge in [-0.15, -0.1) is 0 Å². The van der Waals surface area contributed by atoms with E-state index >= 15 is 0 Å². The van der Waals surface area contributed by atoms with Gasteiger partial charge in [0.2, 0.25) is 0 Å². The molecule has 0 atom stereocenters. The molecular weight excluding hydrogens is 237 g/mol. The fraction of sp³-hybridized carbons (Fsp3) is 0.182. The van der Waals surface area contributed by atoms with Crippen molar-refractivity contribution >= 4 is 17.3 Å². The summed E-state index contributed by atoms with van der Waals surface area (Å²) in [6.07, 6.45) is 2.41. The van der Waals surface area contributed by atoms with Gasteiger partial charge in [0.25, 0.3) is 5.91 Å². The number of amides is 1. The highest BCUT2D eigenvalue weighted by atomic mass is 19.1. The molecule has 0 bridgehead atoms. The molecule has 0 fully saturated rings. The Kier molecular flexibility index (Phi) is 2.97. The van der Waals surface area contributed by atoms with Crippen molar-refractivity contribution in [2.45, 2.75) is 6.92 Å². The molecule has 0 saturated carbocycles. The van der Waals surface area contributed by atoms with Crippen molar-refractivity contribution in [2.75, 3.05) is 11.1 Å². The highest BCUT2D eigenvalue weighted by Crippen LogP contribution is 2.18. The normalized spacial score (nSPS) is 10.4. The second-order valence-corrected chi connectivity index (χ2v) is 3.78. The van der Waals surface area contributed by atoms with Crippen molar-refractivity contribution in [3.8, 4) is 0 Å². The Hall–Kier alpha value is -2.44. The number of carbonyl (C=O) groups excluding carboxylic acids is 1.